The average Bonchev–Trinajstić information content (AvgIpc) is 3.01. The Hall–Kier alpha value is -5.64. The summed E-state index contributed by atoms with van der Waals surface area (Å²) in [7, 11) is 0. The van der Waals surface area contributed by atoms with Gasteiger partial charge in [-0.15, -0.1) is 0 Å². The Labute approximate surface area is 240 Å². The van der Waals surface area contributed by atoms with Crippen LogP contribution in [0, 0.1) is 31.8 Å². The summed E-state index contributed by atoms with van der Waals surface area (Å²) in [6, 6.07) is 41.7. The van der Waals surface area contributed by atoms with Gasteiger partial charge >= 0.3 is 0 Å². The Morgan fingerprint density at radius 3 is 1.66 bits per heavy atom. The molecule has 0 aliphatic heterocycles. The van der Waals surface area contributed by atoms with Crippen molar-refractivity contribution in [3.63, 3.8) is 0 Å². The lowest BCUT2D eigenvalue weighted by molar-refractivity contribution is 1.27. The molecule has 41 heavy (non-hydrogen) atoms. The van der Waals surface area contributed by atoms with E-state index in [0.29, 0.717) is 11.3 Å². The second-order valence-corrected chi connectivity index (χ2v) is 10.2. The van der Waals surface area contributed by atoms with Crippen molar-refractivity contribution in [3.05, 3.63) is 154 Å². The molecule has 3 heteroatoms. The van der Waals surface area contributed by atoms with E-state index in [2.05, 4.69) is 115 Å². The maximum atomic E-state index is 9.90. The van der Waals surface area contributed by atoms with Gasteiger partial charge in [-0.2, -0.15) is 5.26 Å². The molecule has 0 aromatic heterocycles. The minimum absolute atomic E-state index is 0.585. The molecular weight excluding hydrogens is 498 g/mol. The second-order valence-electron chi connectivity index (χ2n) is 10.2. The van der Waals surface area contributed by atoms with Crippen LogP contribution in [0.5, 0.6) is 0 Å². The number of anilines is 3. The highest BCUT2D eigenvalue weighted by molar-refractivity contribution is 6.15. The molecule has 0 unspecified atom stereocenters. The average molecular weight is 526 g/mol. The van der Waals surface area contributed by atoms with E-state index >= 15 is 0 Å². The van der Waals surface area contributed by atoms with E-state index in [1.165, 1.54) is 11.1 Å². The summed E-state index contributed by atoms with van der Waals surface area (Å²) in [5.41, 5.74) is 9.01. The third kappa shape index (κ3) is 4.94. The molecule has 6 aromatic rings. The molecule has 6 aromatic carbocycles. The first kappa shape index (κ1) is 25.6. The Morgan fingerprint density at radius 1 is 0.610 bits per heavy atom. The largest absolute Gasteiger partial charge is 0.311 e. The predicted octanol–water partition coefficient (Wildman–Crippen LogP) is 10.7. The molecule has 0 N–H and O–H groups in total. The fourth-order valence-corrected chi connectivity index (χ4v) is 5.28. The van der Waals surface area contributed by atoms with Crippen LogP contribution in [0.3, 0.4) is 0 Å². The molecule has 0 radical (unpaired) electrons. The van der Waals surface area contributed by atoms with E-state index in [1.54, 1.807) is 0 Å². The zero-order chi connectivity index (χ0) is 28.3. The Balaban J connectivity index is 1.34. The van der Waals surface area contributed by atoms with Crippen molar-refractivity contribution in [2.24, 2.45) is 0 Å². The van der Waals surface area contributed by atoms with Gasteiger partial charge in [0.2, 0.25) is 5.69 Å². The molecule has 194 valence electrons. The van der Waals surface area contributed by atoms with Crippen LogP contribution in [-0.2, 0) is 0 Å². The molecule has 0 atom stereocenters. The number of aryl methyl sites for hydroxylation is 2. The minimum Gasteiger partial charge on any atom is -0.311 e. The maximum absolute atomic E-state index is 9.90. The number of benzene rings is 6. The highest BCUT2D eigenvalue weighted by atomic mass is 15.1. The van der Waals surface area contributed by atoms with E-state index in [9.17, 15) is 5.26 Å². The van der Waals surface area contributed by atoms with Gasteiger partial charge in [0, 0.05) is 17.1 Å². The van der Waals surface area contributed by atoms with Crippen molar-refractivity contribution in [2.45, 2.75) is 13.8 Å². The first-order valence-electron chi connectivity index (χ1n) is 13.5. The zero-order valence-corrected chi connectivity index (χ0v) is 23.0. The van der Waals surface area contributed by atoms with Gasteiger partial charge in [-0.1, -0.05) is 102 Å². The van der Waals surface area contributed by atoms with Gasteiger partial charge in [0.25, 0.3) is 0 Å². The van der Waals surface area contributed by atoms with Gasteiger partial charge in [0.15, 0.2) is 0 Å². The normalized spacial score (nSPS) is 11.0. The van der Waals surface area contributed by atoms with Crippen LogP contribution in [0.4, 0.5) is 22.7 Å². The highest BCUT2D eigenvalue weighted by Crippen LogP contribution is 2.39. The van der Waals surface area contributed by atoms with Crippen molar-refractivity contribution < 1.29 is 0 Å². The van der Waals surface area contributed by atoms with Crippen LogP contribution >= 0.6 is 0 Å². The molecule has 3 nitrogen and oxygen atoms in total. The van der Waals surface area contributed by atoms with Gasteiger partial charge in [-0.05, 0) is 82.9 Å². The summed E-state index contributed by atoms with van der Waals surface area (Å²) >= 11 is 0. The van der Waals surface area contributed by atoms with Crippen molar-refractivity contribution in [1.82, 2.24) is 0 Å². The molecule has 0 saturated carbocycles. The summed E-state index contributed by atoms with van der Waals surface area (Å²) in [5, 5.41) is 13.2. The molecule has 6 rings (SSSR count). The SMILES string of the molecule is [C-]#[N+]c1c2ccccc2c(C#N)c2ccc(/C=C/c3ccc(N(c4ccc(C)cc4)c4ccc(C)cc4)cc3)cc12. The smallest absolute Gasteiger partial charge is 0.202 e. The topological polar surface area (TPSA) is 31.4 Å². The fraction of sp³-hybridized carbons (Fsp3) is 0.0526. The van der Waals surface area contributed by atoms with Crippen molar-refractivity contribution in [3.8, 4) is 6.07 Å². The second kappa shape index (κ2) is 10.9. The van der Waals surface area contributed by atoms with Gasteiger partial charge in [0.1, 0.15) is 6.07 Å². The first-order chi connectivity index (χ1) is 20.1. The molecule has 0 saturated heterocycles. The Morgan fingerprint density at radius 2 is 1.10 bits per heavy atom. The van der Waals surface area contributed by atoms with E-state index in [0.717, 1.165) is 49.7 Å². The van der Waals surface area contributed by atoms with Crippen LogP contribution in [-0.4, -0.2) is 0 Å². The summed E-state index contributed by atoms with van der Waals surface area (Å²) in [5.74, 6) is 0. The number of nitriles is 1. The Kier molecular flexibility index (Phi) is 6.78. The van der Waals surface area contributed by atoms with Gasteiger partial charge in [-0.25, -0.2) is 4.85 Å². The zero-order valence-electron chi connectivity index (χ0n) is 23.0. The van der Waals surface area contributed by atoms with E-state index < -0.39 is 0 Å². The van der Waals surface area contributed by atoms with Crippen molar-refractivity contribution in [1.29, 1.82) is 5.26 Å². The summed E-state index contributed by atoms with van der Waals surface area (Å²) in [6.07, 6.45) is 4.14. The third-order valence-electron chi connectivity index (χ3n) is 7.45. The van der Waals surface area contributed by atoms with E-state index in [4.69, 9.17) is 6.57 Å². The molecule has 0 spiro atoms. The maximum Gasteiger partial charge on any atom is 0.202 e. The summed E-state index contributed by atoms with van der Waals surface area (Å²) in [4.78, 5) is 6.12. The van der Waals surface area contributed by atoms with Gasteiger partial charge < -0.3 is 4.90 Å². The molecule has 0 aliphatic rings. The van der Waals surface area contributed by atoms with Crippen molar-refractivity contribution in [2.75, 3.05) is 4.90 Å². The molecule has 0 amide bonds. The number of hydrogen-bond donors (Lipinski definition) is 0. The number of rotatable bonds is 5. The minimum atomic E-state index is 0.585. The molecule has 0 bridgehead atoms. The third-order valence-corrected chi connectivity index (χ3v) is 7.45. The molecular formula is C38H27N3. The van der Waals surface area contributed by atoms with Crippen LogP contribution in [0.15, 0.2) is 115 Å². The molecule has 0 heterocycles. The van der Waals surface area contributed by atoms with Crippen molar-refractivity contribution >= 4 is 56.4 Å². The number of fused-ring (bicyclic) bond motifs is 2. The number of nitrogens with zero attached hydrogens (tertiary/aromatic N) is 3. The highest BCUT2D eigenvalue weighted by Gasteiger charge is 2.14. The lowest BCUT2D eigenvalue weighted by Crippen LogP contribution is -2.09. The monoisotopic (exact) mass is 525 g/mol. The summed E-state index contributed by atoms with van der Waals surface area (Å²) in [6.45, 7) is 12.1. The predicted molar refractivity (Wildman–Crippen MR) is 172 cm³/mol. The lowest BCUT2D eigenvalue weighted by atomic mass is 9.94. The van der Waals surface area contributed by atoms with Crippen LogP contribution in [0.1, 0.15) is 27.8 Å². The quantitative estimate of drug-likeness (QED) is 0.127. The Bertz CT molecular complexity index is 1960. The first-order valence-corrected chi connectivity index (χ1v) is 13.5. The van der Waals surface area contributed by atoms with Crippen LogP contribution < -0.4 is 4.90 Å². The molecule has 0 fully saturated rings. The lowest BCUT2D eigenvalue weighted by Gasteiger charge is -2.25. The number of hydrogen-bond acceptors (Lipinski definition) is 2. The van der Waals surface area contributed by atoms with Crippen LogP contribution in [0.25, 0.3) is 38.5 Å². The van der Waals surface area contributed by atoms with E-state index in [1.807, 2.05) is 42.5 Å². The fourth-order valence-electron chi connectivity index (χ4n) is 5.28. The standard InChI is InChI=1S/C38H27N3/c1-26-8-17-30(18-9-26)41(31-19-10-27(2)11-20-31)32-21-14-28(15-22-32)12-13-29-16-23-34-36(24-29)38(40-3)35-7-5-4-6-33(35)37(34)25-39/h4-24H,1-2H3/b13-12+. The van der Waals surface area contributed by atoms with E-state index in [-0.39, 0.29) is 0 Å². The van der Waals surface area contributed by atoms with Crippen LogP contribution in [0.2, 0.25) is 0 Å². The summed E-state index contributed by atoms with van der Waals surface area (Å²) < 4.78 is 0. The van der Waals surface area contributed by atoms with Gasteiger partial charge in [0.05, 0.1) is 12.1 Å². The van der Waals surface area contributed by atoms with Gasteiger partial charge in [-0.3, -0.25) is 0 Å². The molecule has 0 aliphatic carbocycles.